The van der Waals surface area contributed by atoms with E-state index in [0.717, 1.165) is 15.4 Å². The van der Waals surface area contributed by atoms with Crippen LogP contribution in [0.15, 0.2) is 21.6 Å². The van der Waals surface area contributed by atoms with Gasteiger partial charge in [0.15, 0.2) is 5.79 Å². The van der Waals surface area contributed by atoms with Gasteiger partial charge in [0.2, 0.25) is 0 Å². The second-order valence-corrected chi connectivity index (χ2v) is 6.56. The molecule has 2 aliphatic carbocycles. The Labute approximate surface area is 124 Å². The highest BCUT2D eigenvalue weighted by Crippen LogP contribution is 2.63. The molecule has 2 bridgehead atoms. The molecule has 0 radical (unpaired) electrons. The molecule has 1 fully saturated rings. The molecular formula is C13H18Br2O3. The zero-order chi connectivity index (χ0) is 13.5. The van der Waals surface area contributed by atoms with Crippen LogP contribution in [0.2, 0.25) is 0 Å². The minimum Gasteiger partial charge on any atom is -0.392 e. The minimum absolute atomic E-state index is 0.0295. The SMILES string of the molecule is C=CC[C@@H](O)[C@H]1C[C@H]2C(Br)=C(Br)[C@@H]1C2(OC)OC. The van der Waals surface area contributed by atoms with Crippen molar-refractivity contribution in [3.8, 4) is 0 Å². The van der Waals surface area contributed by atoms with Crippen molar-refractivity contribution in [3.05, 3.63) is 21.6 Å². The van der Waals surface area contributed by atoms with Crippen molar-refractivity contribution in [1.82, 2.24) is 0 Å². The van der Waals surface area contributed by atoms with Crippen molar-refractivity contribution >= 4 is 31.9 Å². The molecule has 0 heterocycles. The second kappa shape index (κ2) is 5.37. The Balaban J connectivity index is 2.34. The molecule has 0 unspecified atom stereocenters. The molecule has 0 aliphatic heterocycles. The summed E-state index contributed by atoms with van der Waals surface area (Å²) in [6.07, 6.45) is 2.80. The summed E-state index contributed by atoms with van der Waals surface area (Å²) in [5.41, 5.74) is 0. The van der Waals surface area contributed by atoms with Crippen LogP contribution in [0.25, 0.3) is 0 Å². The summed E-state index contributed by atoms with van der Waals surface area (Å²) in [6.45, 7) is 3.69. The molecule has 0 aromatic rings. The first kappa shape index (κ1) is 14.7. The normalized spacial score (nSPS) is 35.1. The van der Waals surface area contributed by atoms with Gasteiger partial charge in [-0.3, -0.25) is 0 Å². The van der Waals surface area contributed by atoms with Crippen LogP contribution in [0.1, 0.15) is 12.8 Å². The lowest BCUT2D eigenvalue weighted by molar-refractivity contribution is -0.234. The summed E-state index contributed by atoms with van der Waals surface area (Å²) in [4.78, 5) is 0. The van der Waals surface area contributed by atoms with Crippen molar-refractivity contribution in [2.75, 3.05) is 14.2 Å². The zero-order valence-corrected chi connectivity index (χ0v) is 13.7. The predicted octanol–water partition coefficient (Wildman–Crippen LogP) is 3.18. The Morgan fingerprint density at radius 3 is 2.50 bits per heavy atom. The molecule has 0 spiro atoms. The van der Waals surface area contributed by atoms with Crippen LogP contribution in [-0.4, -0.2) is 31.2 Å². The summed E-state index contributed by atoms with van der Waals surface area (Å²) in [5, 5.41) is 10.3. The Morgan fingerprint density at radius 1 is 1.44 bits per heavy atom. The number of ether oxygens (including phenoxy) is 2. The number of aliphatic hydroxyl groups excluding tert-OH is 1. The number of rotatable bonds is 5. The predicted molar refractivity (Wildman–Crippen MR) is 77.5 cm³/mol. The van der Waals surface area contributed by atoms with Gasteiger partial charge in [-0.25, -0.2) is 0 Å². The van der Waals surface area contributed by atoms with E-state index < -0.39 is 11.9 Å². The lowest BCUT2D eigenvalue weighted by Crippen LogP contribution is -2.42. The number of fused-ring (bicyclic) bond motifs is 2. The van der Waals surface area contributed by atoms with Crippen LogP contribution in [0.5, 0.6) is 0 Å². The molecule has 18 heavy (non-hydrogen) atoms. The summed E-state index contributed by atoms with van der Waals surface area (Å²) >= 11 is 7.22. The quantitative estimate of drug-likeness (QED) is 0.587. The standard InChI is InChI=1S/C13H18Br2O3/c1-4-5-9(16)7-6-8-11(14)12(15)10(7)13(8,17-2)18-3/h4,7-10,16H,1,5-6H2,2-3H3/t7-,8+,9-,10-/m1/s1. The molecule has 0 aromatic heterocycles. The van der Waals surface area contributed by atoms with Gasteiger partial charge >= 0.3 is 0 Å². The van der Waals surface area contributed by atoms with Crippen LogP contribution in [0, 0.1) is 17.8 Å². The Morgan fingerprint density at radius 2 is 2.06 bits per heavy atom. The first-order valence-corrected chi connectivity index (χ1v) is 7.56. The first-order chi connectivity index (χ1) is 8.53. The summed E-state index contributed by atoms with van der Waals surface area (Å²) < 4.78 is 13.5. The van der Waals surface area contributed by atoms with Crippen LogP contribution >= 0.6 is 31.9 Å². The van der Waals surface area contributed by atoms with Crippen LogP contribution < -0.4 is 0 Å². The number of methoxy groups -OCH3 is 2. The fraction of sp³-hybridized carbons (Fsp3) is 0.692. The number of hydrogen-bond acceptors (Lipinski definition) is 3. The van der Waals surface area contributed by atoms with Crippen molar-refractivity contribution in [2.45, 2.75) is 24.7 Å². The molecule has 0 amide bonds. The van der Waals surface area contributed by atoms with E-state index in [1.54, 1.807) is 20.3 Å². The third-order valence-corrected chi connectivity index (χ3v) is 6.64. The largest absolute Gasteiger partial charge is 0.392 e. The monoisotopic (exact) mass is 380 g/mol. The first-order valence-electron chi connectivity index (χ1n) is 5.97. The number of halogens is 2. The molecule has 1 N–H and O–H groups in total. The number of hydrogen-bond donors (Lipinski definition) is 1. The van der Waals surface area contributed by atoms with Crippen molar-refractivity contribution < 1.29 is 14.6 Å². The Kier molecular flexibility index (Phi) is 4.39. The van der Waals surface area contributed by atoms with Gasteiger partial charge in [0, 0.05) is 29.1 Å². The lowest BCUT2D eigenvalue weighted by atomic mass is 9.86. The van der Waals surface area contributed by atoms with Gasteiger partial charge in [-0.2, -0.15) is 0 Å². The van der Waals surface area contributed by atoms with Gasteiger partial charge in [-0.1, -0.05) is 37.9 Å². The van der Waals surface area contributed by atoms with E-state index in [-0.39, 0.29) is 17.8 Å². The van der Waals surface area contributed by atoms with Gasteiger partial charge in [-0.05, 0) is 18.8 Å². The maximum atomic E-state index is 10.3. The third kappa shape index (κ3) is 1.86. The maximum absolute atomic E-state index is 10.3. The summed E-state index contributed by atoms with van der Waals surface area (Å²) in [7, 11) is 3.33. The molecule has 1 saturated carbocycles. The zero-order valence-electron chi connectivity index (χ0n) is 10.5. The smallest absolute Gasteiger partial charge is 0.182 e. The summed E-state index contributed by atoms with van der Waals surface area (Å²) in [5.74, 6) is -0.369. The number of aliphatic hydroxyl groups is 1. The van der Waals surface area contributed by atoms with Crippen LogP contribution in [0.4, 0.5) is 0 Å². The van der Waals surface area contributed by atoms with Gasteiger partial charge < -0.3 is 14.6 Å². The Bertz CT molecular complexity index is 376. The molecule has 4 atom stereocenters. The van der Waals surface area contributed by atoms with Gasteiger partial charge in [0.1, 0.15) is 0 Å². The lowest BCUT2D eigenvalue weighted by Gasteiger charge is -2.34. The Hall–Kier alpha value is 0.320. The fourth-order valence-electron chi connectivity index (χ4n) is 3.39. The summed E-state index contributed by atoms with van der Waals surface area (Å²) in [6, 6.07) is 0. The van der Waals surface area contributed by atoms with E-state index in [0.29, 0.717) is 6.42 Å². The maximum Gasteiger partial charge on any atom is 0.182 e. The molecule has 5 heteroatoms. The van der Waals surface area contributed by atoms with Gasteiger partial charge in [-0.15, -0.1) is 6.58 Å². The van der Waals surface area contributed by atoms with Crippen molar-refractivity contribution in [2.24, 2.45) is 17.8 Å². The molecule has 3 nitrogen and oxygen atoms in total. The molecule has 0 saturated heterocycles. The highest BCUT2D eigenvalue weighted by molar-refractivity contribution is 9.14. The topological polar surface area (TPSA) is 38.7 Å². The van der Waals surface area contributed by atoms with E-state index in [2.05, 4.69) is 38.4 Å². The van der Waals surface area contributed by atoms with E-state index in [1.165, 1.54) is 0 Å². The van der Waals surface area contributed by atoms with E-state index in [4.69, 9.17) is 9.47 Å². The van der Waals surface area contributed by atoms with E-state index in [1.807, 2.05) is 0 Å². The van der Waals surface area contributed by atoms with Gasteiger partial charge in [0.25, 0.3) is 0 Å². The molecule has 2 rings (SSSR count). The molecule has 2 aliphatic rings. The highest BCUT2D eigenvalue weighted by Gasteiger charge is 2.64. The average Bonchev–Trinajstić information content (AvgIpc) is 2.80. The fourth-order valence-corrected chi connectivity index (χ4v) is 5.08. The van der Waals surface area contributed by atoms with Gasteiger partial charge in [0.05, 0.1) is 12.0 Å². The van der Waals surface area contributed by atoms with Crippen molar-refractivity contribution in [3.63, 3.8) is 0 Å². The average molecular weight is 382 g/mol. The van der Waals surface area contributed by atoms with Crippen molar-refractivity contribution in [1.29, 1.82) is 0 Å². The minimum atomic E-state index is -0.662. The van der Waals surface area contributed by atoms with Crippen LogP contribution in [0.3, 0.4) is 0 Å². The van der Waals surface area contributed by atoms with E-state index in [9.17, 15) is 5.11 Å². The van der Waals surface area contributed by atoms with Crippen LogP contribution in [-0.2, 0) is 9.47 Å². The van der Waals surface area contributed by atoms with E-state index >= 15 is 0 Å². The second-order valence-electron chi connectivity index (χ2n) is 4.85. The molecule has 0 aromatic carbocycles. The molecule has 102 valence electrons. The molecular weight excluding hydrogens is 364 g/mol. The highest BCUT2D eigenvalue weighted by atomic mass is 79.9. The third-order valence-electron chi connectivity index (χ3n) is 4.20.